The van der Waals surface area contributed by atoms with E-state index in [0.29, 0.717) is 17.1 Å². The number of nitrogens with zero attached hydrogens (tertiary/aromatic N) is 1. The first-order valence-electron chi connectivity index (χ1n) is 11.0. The van der Waals surface area contributed by atoms with Crippen molar-refractivity contribution < 1.29 is 19.2 Å². The van der Waals surface area contributed by atoms with E-state index in [-0.39, 0.29) is 6.54 Å². The molecule has 1 saturated carbocycles. The molecule has 1 unspecified atom stereocenters. The van der Waals surface area contributed by atoms with Crippen LogP contribution in [0.25, 0.3) is 16.5 Å². The summed E-state index contributed by atoms with van der Waals surface area (Å²) >= 11 is 0. The van der Waals surface area contributed by atoms with Crippen molar-refractivity contribution in [1.29, 1.82) is 0 Å². The molecule has 1 aliphatic carbocycles. The van der Waals surface area contributed by atoms with Gasteiger partial charge in [0.2, 0.25) is 0 Å². The first-order valence-corrected chi connectivity index (χ1v) is 11.5. The Kier molecular flexibility index (Phi) is 6.48. The maximum atomic E-state index is 12.2. The lowest BCUT2D eigenvalue weighted by Crippen LogP contribution is -2.11. The van der Waals surface area contributed by atoms with Crippen molar-refractivity contribution >= 4 is 37.9 Å². The van der Waals surface area contributed by atoms with Crippen molar-refractivity contribution in [1.82, 2.24) is 4.57 Å². The number of carboxylic acids is 1. The molecule has 6 heteroatoms. The average molecular weight is 449 g/mol. The number of carbonyl (C=O) groups is 2. The van der Waals surface area contributed by atoms with Crippen molar-refractivity contribution in [2.24, 2.45) is 0 Å². The second kappa shape index (κ2) is 9.30. The third-order valence-electron chi connectivity index (χ3n) is 6.51. The molecule has 2 heterocycles. The number of rotatable bonds is 5. The number of carbonyl (C=O) groups excluding carboxylic acids is 1. The van der Waals surface area contributed by atoms with Gasteiger partial charge in [0.1, 0.15) is 0 Å². The van der Waals surface area contributed by atoms with Crippen molar-refractivity contribution in [2.45, 2.75) is 51.5 Å². The SMILES string of the molecule is C=CC1=C(/C=C\C)C=C(C(=O)O)Cn2c1c(C1CCCCC1)c1ccc(C(=O)OP)cc12. The number of benzene rings is 1. The molecular weight excluding hydrogens is 421 g/mol. The topological polar surface area (TPSA) is 68.5 Å². The van der Waals surface area contributed by atoms with Crippen LogP contribution < -0.4 is 0 Å². The maximum absolute atomic E-state index is 12.2. The van der Waals surface area contributed by atoms with Crippen LogP contribution in [0.4, 0.5) is 0 Å². The molecule has 2 aliphatic rings. The molecule has 5 nitrogen and oxygen atoms in total. The zero-order valence-corrected chi connectivity index (χ0v) is 19.4. The monoisotopic (exact) mass is 449 g/mol. The highest BCUT2D eigenvalue weighted by Gasteiger charge is 2.30. The number of hydrogen-bond donors (Lipinski definition) is 1. The molecule has 1 aliphatic heterocycles. The van der Waals surface area contributed by atoms with E-state index >= 15 is 0 Å². The van der Waals surface area contributed by atoms with Crippen molar-refractivity contribution in [2.75, 3.05) is 0 Å². The summed E-state index contributed by atoms with van der Waals surface area (Å²) in [6.07, 6.45) is 13.2. The van der Waals surface area contributed by atoms with Gasteiger partial charge in [0.25, 0.3) is 0 Å². The summed E-state index contributed by atoms with van der Waals surface area (Å²) in [5.41, 5.74) is 5.59. The molecule has 1 aromatic carbocycles. The van der Waals surface area contributed by atoms with E-state index in [1.165, 1.54) is 24.8 Å². The Labute approximate surface area is 190 Å². The molecule has 0 spiro atoms. The molecule has 1 fully saturated rings. The van der Waals surface area contributed by atoms with Crippen molar-refractivity contribution in [3.63, 3.8) is 0 Å². The minimum Gasteiger partial charge on any atom is -0.478 e. The van der Waals surface area contributed by atoms with Gasteiger partial charge in [0.15, 0.2) is 0 Å². The summed E-state index contributed by atoms with van der Waals surface area (Å²) in [6.45, 7) is 6.22. The molecule has 0 bridgehead atoms. The molecule has 1 N–H and O–H groups in total. The van der Waals surface area contributed by atoms with Gasteiger partial charge < -0.3 is 14.2 Å². The summed E-state index contributed by atoms with van der Waals surface area (Å²) in [5.74, 6) is -1.01. The fourth-order valence-corrected chi connectivity index (χ4v) is 5.25. The second-order valence-electron chi connectivity index (χ2n) is 8.37. The third kappa shape index (κ3) is 3.86. The highest BCUT2D eigenvalue weighted by molar-refractivity contribution is 7.10. The molecule has 0 saturated heterocycles. The predicted octanol–water partition coefficient (Wildman–Crippen LogP) is 6.18. The van der Waals surface area contributed by atoms with Gasteiger partial charge in [-0.1, -0.05) is 50.1 Å². The smallest absolute Gasteiger partial charge is 0.340 e. The lowest BCUT2D eigenvalue weighted by Gasteiger charge is -2.24. The largest absolute Gasteiger partial charge is 0.478 e. The lowest BCUT2D eigenvalue weighted by atomic mass is 9.81. The van der Waals surface area contributed by atoms with Gasteiger partial charge in [0, 0.05) is 16.5 Å². The summed E-state index contributed by atoms with van der Waals surface area (Å²) < 4.78 is 6.90. The van der Waals surface area contributed by atoms with Crippen LogP contribution in [0.3, 0.4) is 0 Å². The number of hydrogen-bond acceptors (Lipinski definition) is 3. The van der Waals surface area contributed by atoms with Crippen molar-refractivity contribution in [3.8, 4) is 0 Å². The molecular formula is C26H28NO4P. The highest BCUT2D eigenvalue weighted by atomic mass is 31.0. The number of carboxylic acid groups (broad SMARTS) is 1. The Morgan fingerprint density at radius 2 is 2.00 bits per heavy atom. The Morgan fingerprint density at radius 1 is 1.25 bits per heavy atom. The van der Waals surface area contributed by atoms with Crippen LogP contribution in [0.5, 0.6) is 0 Å². The quantitative estimate of drug-likeness (QED) is 0.554. The second-order valence-corrected chi connectivity index (χ2v) is 8.60. The fraction of sp³-hybridized carbons (Fsp3) is 0.308. The van der Waals surface area contributed by atoms with E-state index in [1.807, 2.05) is 51.3 Å². The number of aliphatic carboxylic acids is 1. The van der Waals surface area contributed by atoms with E-state index in [2.05, 4.69) is 6.58 Å². The minimum absolute atomic E-state index is 0.214. The number of aromatic nitrogens is 1. The van der Waals surface area contributed by atoms with Crippen LogP contribution in [0.1, 0.15) is 66.6 Å². The van der Waals surface area contributed by atoms with Crippen molar-refractivity contribution in [3.05, 3.63) is 77.0 Å². The summed E-state index contributed by atoms with van der Waals surface area (Å²) in [5, 5.41) is 11.0. The van der Waals surface area contributed by atoms with Gasteiger partial charge in [-0.25, -0.2) is 9.59 Å². The summed E-state index contributed by atoms with van der Waals surface area (Å²) in [6, 6.07) is 5.59. The van der Waals surface area contributed by atoms with Gasteiger partial charge >= 0.3 is 11.9 Å². The van der Waals surface area contributed by atoms with E-state index in [4.69, 9.17) is 4.52 Å². The summed E-state index contributed by atoms with van der Waals surface area (Å²) in [7, 11) is 1.99. The third-order valence-corrected chi connectivity index (χ3v) is 6.72. The van der Waals surface area contributed by atoms with Gasteiger partial charge in [-0.2, -0.15) is 0 Å². The number of allylic oxidation sites excluding steroid dienone is 6. The Morgan fingerprint density at radius 3 is 2.62 bits per heavy atom. The van der Waals surface area contributed by atoms with Crippen LogP contribution in [0, 0.1) is 0 Å². The number of fused-ring (bicyclic) bond motifs is 3. The van der Waals surface area contributed by atoms with E-state index in [1.54, 1.807) is 12.1 Å². The molecule has 0 amide bonds. The molecule has 0 radical (unpaired) electrons. The molecule has 1 aromatic heterocycles. The van der Waals surface area contributed by atoms with Gasteiger partial charge in [-0.05, 0) is 55.0 Å². The molecule has 166 valence electrons. The van der Waals surface area contributed by atoms with Crippen LogP contribution >= 0.6 is 9.47 Å². The predicted molar refractivity (Wildman–Crippen MR) is 131 cm³/mol. The van der Waals surface area contributed by atoms with Crippen LogP contribution in [-0.4, -0.2) is 21.6 Å². The molecule has 2 aromatic rings. The normalized spacial score (nSPS) is 17.2. The first kappa shape index (κ1) is 22.3. The average Bonchev–Trinajstić information content (AvgIpc) is 3.02. The zero-order chi connectivity index (χ0) is 22.8. The van der Waals surface area contributed by atoms with Crippen LogP contribution in [0.15, 0.2) is 60.2 Å². The van der Waals surface area contributed by atoms with E-state index in [0.717, 1.165) is 40.6 Å². The lowest BCUT2D eigenvalue weighted by molar-refractivity contribution is -0.132. The molecule has 1 atom stereocenters. The molecule has 32 heavy (non-hydrogen) atoms. The fourth-order valence-electron chi connectivity index (χ4n) is 5.11. The van der Waals surface area contributed by atoms with E-state index in [9.17, 15) is 14.7 Å². The minimum atomic E-state index is -0.954. The van der Waals surface area contributed by atoms with E-state index < -0.39 is 11.9 Å². The Hall–Kier alpha value is -2.91. The Bertz CT molecular complexity index is 1190. The first-order chi connectivity index (χ1) is 15.5. The van der Waals surface area contributed by atoms with Gasteiger partial charge in [-0.3, -0.25) is 0 Å². The highest BCUT2D eigenvalue weighted by Crippen LogP contribution is 2.45. The molecule has 4 rings (SSSR count). The summed E-state index contributed by atoms with van der Waals surface area (Å²) in [4.78, 5) is 24.3. The maximum Gasteiger partial charge on any atom is 0.340 e. The van der Waals surface area contributed by atoms with Crippen LogP contribution in [-0.2, 0) is 15.9 Å². The van der Waals surface area contributed by atoms with Gasteiger partial charge in [0.05, 0.1) is 32.8 Å². The van der Waals surface area contributed by atoms with Crippen LogP contribution in [0.2, 0.25) is 0 Å². The Balaban J connectivity index is 2.10. The zero-order valence-electron chi connectivity index (χ0n) is 18.3. The standard InChI is InChI=1S/C26H28NO4P/c1-3-8-17-13-19(25(28)29)15-27-22-14-18(26(30)31-32)11-12-21(22)23(24(27)20(17)4-2)16-9-6-5-7-10-16/h3-4,8,11-14,16H,2,5-7,9-10,15,32H2,1H3,(H,28,29)/b8-3-. The van der Waals surface area contributed by atoms with Gasteiger partial charge in [-0.15, -0.1) is 0 Å².